The van der Waals surface area contributed by atoms with Gasteiger partial charge in [0.15, 0.2) is 5.69 Å². The van der Waals surface area contributed by atoms with Crippen molar-refractivity contribution >= 4 is 18.7 Å². The lowest BCUT2D eigenvalue weighted by molar-refractivity contribution is 0.0902. The van der Waals surface area contributed by atoms with E-state index >= 15 is 0 Å². The minimum atomic E-state index is -0.0994. The average Bonchev–Trinajstić information content (AvgIpc) is 3.36. The van der Waals surface area contributed by atoms with Crippen LogP contribution in [0.5, 0.6) is 0 Å². The molecule has 1 aromatic rings. The first-order valence-electron chi connectivity index (χ1n) is 10.6. The Kier molecular flexibility index (Phi) is 6.09. The largest absolute Gasteiger partial charge is 0.360 e. The molecule has 27 heavy (non-hydrogen) atoms. The van der Waals surface area contributed by atoms with Crippen molar-refractivity contribution in [3.8, 4) is 0 Å². The van der Waals surface area contributed by atoms with Gasteiger partial charge in [0.25, 0.3) is 5.91 Å². The summed E-state index contributed by atoms with van der Waals surface area (Å²) in [7, 11) is 0. The third-order valence-corrected chi connectivity index (χ3v) is 7.07. The van der Waals surface area contributed by atoms with Crippen molar-refractivity contribution < 1.29 is 9.32 Å². The summed E-state index contributed by atoms with van der Waals surface area (Å²) in [5.74, 6) is 1.25. The maximum absolute atomic E-state index is 12.2. The molecule has 0 radical (unpaired) electrons. The van der Waals surface area contributed by atoms with E-state index in [1.54, 1.807) is 6.07 Å². The van der Waals surface area contributed by atoms with Crippen molar-refractivity contribution in [2.24, 2.45) is 5.73 Å². The van der Waals surface area contributed by atoms with E-state index in [9.17, 15) is 4.79 Å². The Bertz CT molecular complexity index is 628. The molecular formula is C20H32N4O2S. The number of rotatable bonds is 3. The number of nitrogens with one attached hydrogen (secondary N) is 1. The number of hydrogen-bond donors (Lipinski definition) is 3. The smallest absolute Gasteiger partial charge is 0.273 e. The van der Waals surface area contributed by atoms with Crippen molar-refractivity contribution in [2.45, 2.75) is 101 Å². The Morgan fingerprint density at radius 1 is 1.11 bits per heavy atom. The van der Waals surface area contributed by atoms with Gasteiger partial charge in [0.05, 0.1) is 0 Å². The highest BCUT2D eigenvalue weighted by molar-refractivity contribution is 7.77. The molecule has 4 fully saturated rings. The standard InChI is InChI=1S/C14H19N3O2S.C6H13N/c18-14(12-7-13(19-16-12)8-1-2-8)15-9-5-10-3-4-11(6-9)17(10)20;7-6-4-2-1-3-5-6/h7-11,20H,1-6H2,(H,15,18);6H,1-5,7H2/t9?,10-,11+;. The van der Waals surface area contributed by atoms with Crippen LogP contribution in [-0.4, -0.2) is 39.5 Å². The lowest BCUT2D eigenvalue weighted by Gasteiger charge is -2.35. The maximum atomic E-state index is 12.2. The van der Waals surface area contributed by atoms with E-state index in [-0.39, 0.29) is 11.9 Å². The molecule has 4 aliphatic rings. The monoisotopic (exact) mass is 392 g/mol. The summed E-state index contributed by atoms with van der Waals surface area (Å²) in [5.41, 5.74) is 6.06. The molecule has 1 amide bonds. The summed E-state index contributed by atoms with van der Waals surface area (Å²) in [6.45, 7) is 0. The highest BCUT2D eigenvalue weighted by Crippen LogP contribution is 2.40. The Morgan fingerprint density at radius 2 is 1.78 bits per heavy atom. The van der Waals surface area contributed by atoms with Crippen LogP contribution < -0.4 is 11.1 Å². The maximum Gasteiger partial charge on any atom is 0.273 e. The van der Waals surface area contributed by atoms with Crippen LogP contribution in [0.4, 0.5) is 0 Å². The number of aromatic nitrogens is 1. The van der Waals surface area contributed by atoms with E-state index in [1.165, 1.54) is 44.9 Å². The van der Waals surface area contributed by atoms with Gasteiger partial charge in [-0.1, -0.05) is 37.2 Å². The first-order valence-corrected chi connectivity index (χ1v) is 11.0. The quantitative estimate of drug-likeness (QED) is 0.687. The van der Waals surface area contributed by atoms with E-state index in [2.05, 4.69) is 27.6 Å². The van der Waals surface area contributed by atoms with Crippen molar-refractivity contribution in [1.82, 2.24) is 14.8 Å². The van der Waals surface area contributed by atoms with E-state index in [1.807, 2.05) is 0 Å². The molecule has 1 unspecified atom stereocenters. The fourth-order valence-corrected chi connectivity index (χ4v) is 5.04. The highest BCUT2D eigenvalue weighted by atomic mass is 32.1. The molecule has 2 aliphatic carbocycles. The fourth-order valence-electron chi connectivity index (χ4n) is 4.62. The molecule has 3 N–H and O–H groups in total. The summed E-state index contributed by atoms with van der Waals surface area (Å²) < 4.78 is 7.41. The molecule has 3 heterocycles. The highest BCUT2D eigenvalue weighted by Gasteiger charge is 2.40. The number of nitrogens with zero attached hydrogens (tertiary/aromatic N) is 2. The number of amides is 1. The second kappa shape index (κ2) is 8.53. The van der Waals surface area contributed by atoms with E-state index in [0.717, 1.165) is 31.4 Å². The zero-order valence-electron chi connectivity index (χ0n) is 16.0. The minimum absolute atomic E-state index is 0.0994. The molecule has 5 rings (SSSR count). The number of hydrogen-bond acceptors (Lipinski definition) is 6. The number of thiol groups is 1. The first-order chi connectivity index (χ1) is 13.1. The van der Waals surface area contributed by atoms with Crippen LogP contribution in [0.15, 0.2) is 10.6 Å². The van der Waals surface area contributed by atoms with Gasteiger partial charge in [0, 0.05) is 36.2 Å². The number of piperidine rings is 1. The molecule has 2 saturated carbocycles. The second-order valence-corrected chi connectivity index (χ2v) is 9.16. The average molecular weight is 393 g/mol. The Morgan fingerprint density at radius 3 is 2.33 bits per heavy atom. The Hall–Kier alpha value is -1.05. The van der Waals surface area contributed by atoms with Crippen molar-refractivity contribution in [1.29, 1.82) is 0 Å². The van der Waals surface area contributed by atoms with Gasteiger partial charge < -0.3 is 15.6 Å². The normalized spacial score (nSPS) is 31.3. The number of carbonyl (C=O) groups excluding carboxylic acids is 1. The lowest BCUT2D eigenvalue weighted by Crippen LogP contribution is -2.47. The summed E-state index contributed by atoms with van der Waals surface area (Å²) in [5, 5.41) is 7.01. The van der Waals surface area contributed by atoms with Gasteiger partial charge in [-0.05, 0) is 51.4 Å². The summed E-state index contributed by atoms with van der Waals surface area (Å²) in [6.07, 6.45) is 13.3. The van der Waals surface area contributed by atoms with E-state index < -0.39 is 0 Å². The molecule has 2 aliphatic heterocycles. The van der Waals surface area contributed by atoms with Crippen LogP contribution in [0, 0.1) is 0 Å². The summed E-state index contributed by atoms with van der Waals surface area (Å²) in [6, 6.07) is 3.58. The zero-order chi connectivity index (χ0) is 18.8. The van der Waals surface area contributed by atoms with Crippen LogP contribution >= 0.6 is 12.8 Å². The van der Waals surface area contributed by atoms with Crippen LogP contribution in [0.3, 0.4) is 0 Å². The van der Waals surface area contributed by atoms with Gasteiger partial charge in [-0.3, -0.25) is 4.79 Å². The molecular weight excluding hydrogens is 360 g/mol. The molecule has 2 bridgehead atoms. The van der Waals surface area contributed by atoms with Gasteiger partial charge in [-0.25, -0.2) is 4.31 Å². The Balaban J connectivity index is 0.000000218. The zero-order valence-corrected chi connectivity index (χ0v) is 16.9. The number of nitrogens with two attached hydrogens (primary N) is 1. The molecule has 1 aromatic heterocycles. The molecule has 3 atom stereocenters. The van der Waals surface area contributed by atoms with Gasteiger partial charge in [-0.2, -0.15) is 0 Å². The minimum Gasteiger partial charge on any atom is -0.360 e. The SMILES string of the molecule is NC1CCCCC1.O=C(NC1C[C@H]2CC[C@@H](C1)N2S)c1cc(C2CC2)on1. The third-order valence-electron chi connectivity index (χ3n) is 6.42. The Labute approximate surface area is 167 Å². The molecule has 0 spiro atoms. The molecule has 7 heteroatoms. The molecule has 150 valence electrons. The third kappa shape index (κ3) is 4.87. The molecule has 6 nitrogen and oxygen atoms in total. The van der Waals surface area contributed by atoms with Crippen LogP contribution in [0.2, 0.25) is 0 Å². The predicted octanol–water partition coefficient (Wildman–Crippen LogP) is 3.40. The molecule has 0 aromatic carbocycles. The first kappa shape index (κ1) is 19.3. The van der Waals surface area contributed by atoms with Crippen molar-refractivity contribution in [3.05, 3.63) is 17.5 Å². The summed E-state index contributed by atoms with van der Waals surface area (Å²) >= 11 is 4.54. The van der Waals surface area contributed by atoms with Crippen molar-refractivity contribution in [2.75, 3.05) is 0 Å². The summed E-state index contributed by atoms with van der Waals surface area (Å²) in [4.78, 5) is 12.2. The van der Waals surface area contributed by atoms with Crippen LogP contribution in [-0.2, 0) is 0 Å². The van der Waals surface area contributed by atoms with Gasteiger partial charge in [0.2, 0.25) is 0 Å². The topological polar surface area (TPSA) is 84.4 Å². The van der Waals surface area contributed by atoms with E-state index in [0.29, 0.717) is 29.7 Å². The van der Waals surface area contributed by atoms with E-state index in [4.69, 9.17) is 10.3 Å². The van der Waals surface area contributed by atoms with Gasteiger partial charge in [-0.15, -0.1) is 0 Å². The van der Waals surface area contributed by atoms with Crippen LogP contribution in [0.25, 0.3) is 0 Å². The number of carbonyl (C=O) groups is 1. The van der Waals surface area contributed by atoms with Crippen molar-refractivity contribution in [3.63, 3.8) is 0 Å². The second-order valence-electron chi connectivity index (χ2n) is 8.69. The number of fused-ring (bicyclic) bond motifs is 2. The predicted molar refractivity (Wildman–Crippen MR) is 108 cm³/mol. The fraction of sp³-hybridized carbons (Fsp3) is 0.800. The lowest BCUT2D eigenvalue weighted by atomic mass is 9.97. The van der Waals surface area contributed by atoms with Gasteiger partial charge in [0.1, 0.15) is 5.76 Å². The molecule has 2 saturated heterocycles. The van der Waals surface area contributed by atoms with Gasteiger partial charge >= 0.3 is 0 Å². The van der Waals surface area contributed by atoms with Crippen LogP contribution in [0.1, 0.15) is 92.8 Å².